The Labute approximate surface area is 640 Å². The number of ketones is 2. The zero-order chi connectivity index (χ0) is 73.4. The van der Waals surface area contributed by atoms with Crippen molar-refractivity contribution in [2.45, 2.75) is 181 Å². The Morgan fingerprint density at radius 3 is 0.962 bits per heavy atom. The van der Waals surface area contributed by atoms with Crippen molar-refractivity contribution in [3.8, 4) is 45.2 Å². The van der Waals surface area contributed by atoms with Crippen LogP contribution in [0.3, 0.4) is 0 Å². The molecular formula is C96H86N4O2S4. The summed E-state index contributed by atoms with van der Waals surface area (Å²) < 4.78 is 4.49. The Hall–Kier alpha value is -9.88. The molecule has 0 atom stereocenters. The molecule has 0 saturated heterocycles. The SMILES string of the molecule is CCCCCCc1ccc(C2(c3ccc(CCCCCC)cc3)c3cc4c(cc3-c3sc5cc(C=C6C(=O)c7ccc(C)cc7C6=C(C#N)C#N)sc5c32)C(c2ccc(CCCCCC)cc2)(c2ccc(CCCCCC)cc2)c2c-4sc3cc(C=C4C(=O)c5ccc(C)cc5C4=C(C#N)C#N)sc23)cc1. The van der Waals surface area contributed by atoms with Crippen LogP contribution in [-0.4, -0.2) is 11.6 Å². The lowest BCUT2D eigenvalue weighted by atomic mass is 9.65. The van der Waals surface area contributed by atoms with Crippen molar-refractivity contribution in [3.63, 3.8) is 0 Å². The molecule has 0 N–H and O–H groups in total. The molecule has 0 aliphatic heterocycles. The molecule has 0 unspecified atom stereocenters. The quantitative estimate of drug-likeness (QED) is 0.0302. The van der Waals surface area contributed by atoms with Crippen molar-refractivity contribution in [1.82, 2.24) is 0 Å². The standard InChI is InChI=1S/C96H86N4O2S4/c1-7-11-15-19-23-61-29-37-67(38-30-61)95(68-39-31-62(32-40-68)24-20-16-12-8-2)81-53-78-82(54-77(81)91-87(95)93-83(105-91)51-71(103-93)49-79-85(65(55-97)56-98)75-47-59(5)27-45-73(75)89(79)101)96(69-41-33-63(34-42-69)25-21-17-13-9-3,70-43-35-64(36-44-70)26-22-18-14-10-4)88-92(78)106-84-52-72(104-94(84)88)50-80-86(66(57-99)58-100)76-48-60(6)28-46-74(76)90(80)102/h27-54H,7-26H2,1-6H3. The topological polar surface area (TPSA) is 129 Å². The molecule has 0 fully saturated rings. The molecule has 0 saturated carbocycles. The molecule has 4 heterocycles. The monoisotopic (exact) mass is 1450 g/mol. The van der Waals surface area contributed by atoms with Crippen LogP contribution in [-0.2, 0) is 36.5 Å². The maximum absolute atomic E-state index is 14.8. The number of carbonyl (C=O) groups excluding carboxylic acids is 2. The van der Waals surface area contributed by atoms with Crippen LogP contribution in [0.4, 0.5) is 0 Å². The van der Waals surface area contributed by atoms with E-state index >= 15 is 0 Å². The highest BCUT2D eigenvalue weighted by atomic mass is 32.1. The molecule has 7 aromatic carbocycles. The summed E-state index contributed by atoms with van der Waals surface area (Å²) in [4.78, 5) is 33.7. The van der Waals surface area contributed by atoms with E-state index in [1.54, 1.807) is 22.7 Å². The molecule has 0 spiro atoms. The molecule has 526 valence electrons. The van der Waals surface area contributed by atoms with E-state index in [2.05, 4.69) is 173 Å². The fourth-order valence-electron chi connectivity index (χ4n) is 17.4. The number of nitrogens with zero attached hydrogens (tertiary/aromatic N) is 4. The van der Waals surface area contributed by atoms with Crippen LogP contribution in [0.2, 0.25) is 0 Å². The van der Waals surface area contributed by atoms with Gasteiger partial charge in [-0.25, -0.2) is 0 Å². The van der Waals surface area contributed by atoms with Crippen LogP contribution in [0.5, 0.6) is 0 Å². The van der Waals surface area contributed by atoms with Crippen molar-refractivity contribution in [3.05, 3.63) is 290 Å². The molecule has 4 aliphatic carbocycles. The summed E-state index contributed by atoms with van der Waals surface area (Å²) in [5, 5.41) is 42.1. The van der Waals surface area contributed by atoms with E-state index in [4.69, 9.17) is 0 Å². The predicted molar refractivity (Wildman–Crippen MR) is 442 cm³/mol. The van der Waals surface area contributed by atoms with Gasteiger partial charge in [0.15, 0.2) is 11.6 Å². The van der Waals surface area contributed by atoms with Gasteiger partial charge in [-0.05, 0) is 180 Å². The first kappa shape index (κ1) is 71.7. The lowest BCUT2D eigenvalue weighted by molar-refractivity contribution is 0.103. The highest BCUT2D eigenvalue weighted by molar-refractivity contribution is 7.31. The lowest BCUT2D eigenvalue weighted by Crippen LogP contribution is -2.30. The van der Waals surface area contributed by atoms with Crippen molar-refractivity contribution in [2.24, 2.45) is 0 Å². The Morgan fingerprint density at radius 1 is 0.358 bits per heavy atom. The van der Waals surface area contributed by atoms with Crippen molar-refractivity contribution < 1.29 is 9.59 Å². The average molecular weight is 1460 g/mol. The van der Waals surface area contributed by atoms with Gasteiger partial charge in [-0.3, -0.25) is 9.59 Å². The van der Waals surface area contributed by atoms with Gasteiger partial charge < -0.3 is 0 Å². The third-order valence-corrected chi connectivity index (χ3v) is 27.5. The van der Waals surface area contributed by atoms with Gasteiger partial charge in [0.2, 0.25) is 0 Å². The number of unbranched alkanes of at least 4 members (excludes halogenated alkanes) is 12. The second-order valence-electron chi connectivity index (χ2n) is 29.6. The first-order valence-electron chi connectivity index (χ1n) is 38.4. The minimum Gasteiger partial charge on any atom is -0.289 e. The van der Waals surface area contributed by atoms with Gasteiger partial charge in [0.05, 0.1) is 20.2 Å². The molecule has 11 aromatic rings. The van der Waals surface area contributed by atoms with Crippen molar-refractivity contribution in [1.29, 1.82) is 21.0 Å². The molecule has 0 amide bonds. The number of hydrogen-bond donors (Lipinski definition) is 0. The zero-order valence-corrected chi connectivity index (χ0v) is 64.8. The second kappa shape index (κ2) is 30.5. The lowest BCUT2D eigenvalue weighted by Gasteiger charge is -2.36. The van der Waals surface area contributed by atoms with Gasteiger partial charge in [-0.15, -0.1) is 45.3 Å². The normalized spacial score (nSPS) is 14.8. The maximum Gasteiger partial charge on any atom is 0.194 e. The van der Waals surface area contributed by atoms with E-state index in [1.165, 1.54) is 165 Å². The first-order valence-corrected chi connectivity index (χ1v) is 41.7. The fraction of sp³-hybridized carbons (Fsp3) is 0.292. The summed E-state index contributed by atoms with van der Waals surface area (Å²) in [5.41, 5.74) is 21.1. The number of allylic oxidation sites excluding steroid dienone is 6. The Morgan fingerprint density at radius 2 is 0.670 bits per heavy atom. The number of aryl methyl sites for hydroxylation is 6. The Kier molecular flexibility index (Phi) is 20.7. The summed E-state index contributed by atoms with van der Waals surface area (Å²) in [6.07, 6.45) is 26.7. The van der Waals surface area contributed by atoms with Crippen LogP contribution in [0.15, 0.2) is 180 Å². The molecular weight excluding hydrogens is 1370 g/mol. The minimum atomic E-state index is -0.843. The summed E-state index contributed by atoms with van der Waals surface area (Å²) in [5.74, 6) is -0.380. The second-order valence-corrected chi connectivity index (χ2v) is 33.9. The van der Waals surface area contributed by atoms with Gasteiger partial charge in [-0.2, -0.15) is 21.0 Å². The van der Waals surface area contributed by atoms with Gasteiger partial charge in [0.1, 0.15) is 35.4 Å². The van der Waals surface area contributed by atoms with Crippen LogP contribution in [0.1, 0.15) is 250 Å². The number of carbonyl (C=O) groups is 2. The number of nitriles is 4. The summed E-state index contributed by atoms with van der Waals surface area (Å²) in [7, 11) is 0. The number of fused-ring (bicyclic) bond motifs is 12. The molecule has 10 heteroatoms. The van der Waals surface area contributed by atoms with E-state index in [0.717, 1.165) is 91.0 Å². The zero-order valence-electron chi connectivity index (χ0n) is 61.5. The predicted octanol–water partition coefficient (Wildman–Crippen LogP) is 26.2. The van der Waals surface area contributed by atoms with Gasteiger partial charge in [0, 0.05) is 73.5 Å². The summed E-state index contributed by atoms with van der Waals surface area (Å²) >= 11 is 7.03. The van der Waals surface area contributed by atoms with Gasteiger partial charge in [-0.1, -0.05) is 249 Å². The Bertz CT molecular complexity index is 5140. The number of rotatable bonds is 26. The number of Topliss-reactive ketones (excluding diaryl/α,β-unsaturated/α-hetero) is 2. The highest BCUT2D eigenvalue weighted by Crippen LogP contribution is 2.68. The fourth-order valence-corrected chi connectivity index (χ4v) is 22.9. The smallest absolute Gasteiger partial charge is 0.194 e. The largest absolute Gasteiger partial charge is 0.289 e. The summed E-state index contributed by atoms with van der Waals surface area (Å²) in [6, 6.07) is 68.1. The molecule has 4 aliphatic rings. The van der Waals surface area contributed by atoms with Gasteiger partial charge >= 0.3 is 0 Å². The van der Waals surface area contributed by atoms with Crippen LogP contribution in [0, 0.1) is 59.2 Å². The highest BCUT2D eigenvalue weighted by Gasteiger charge is 2.55. The third kappa shape index (κ3) is 12.4. The number of hydrogen-bond acceptors (Lipinski definition) is 10. The molecule has 106 heavy (non-hydrogen) atoms. The van der Waals surface area contributed by atoms with E-state index in [0.29, 0.717) is 44.5 Å². The van der Waals surface area contributed by atoms with Crippen LogP contribution >= 0.6 is 45.3 Å². The number of thiophene rings is 4. The Balaban J connectivity index is 1.01. The molecule has 15 rings (SSSR count). The van der Waals surface area contributed by atoms with E-state index in [-0.39, 0.29) is 22.7 Å². The molecule has 6 nitrogen and oxygen atoms in total. The van der Waals surface area contributed by atoms with E-state index in [1.807, 2.05) is 85.1 Å². The summed E-state index contributed by atoms with van der Waals surface area (Å²) in [6.45, 7) is 13.0. The third-order valence-electron chi connectivity index (χ3n) is 22.7. The minimum absolute atomic E-state index is 0.0762. The maximum atomic E-state index is 14.8. The van der Waals surface area contributed by atoms with E-state index < -0.39 is 10.8 Å². The number of benzene rings is 7. The van der Waals surface area contributed by atoms with Gasteiger partial charge in [0.25, 0.3) is 0 Å². The molecule has 0 radical (unpaired) electrons. The molecule has 4 aromatic heterocycles. The van der Waals surface area contributed by atoms with Crippen LogP contribution in [0.25, 0.3) is 63.0 Å². The first-order chi connectivity index (χ1) is 51.8. The molecule has 0 bridgehead atoms. The van der Waals surface area contributed by atoms with Crippen molar-refractivity contribution >= 4 is 99.0 Å². The van der Waals surface area contributed by atoms with Crippen LogP contribution < -0.4 is 0 Å². The van der Waals surface area contributed by atoms with Crippen molar-refractivity contribution in [2.75, 3.05) is 0 Å². The van der Waals surface area contributed by atoms with E-state index in [9.17, 15) is 30.6 Å². The average Bonchev–Trinajstić information content (AvgIpc) is 1.49.